The highest BCUT2D eigenvalue weighted by atomic mass is 35.5. The number of ether oxygens (including phenoxy) is 1. The standard InChI is InChI=1S/C14H13Cl2NO2S/c15-8-3-4-10-11(6-8)20-14(12(16)13(10)18)17-7-9-2-1-5-19-9/h3-4,6,9,17H,1-2,5,7H2. The highest BCUT2D eigenvalue weighted by Gasteiger charge is 2.17. The second-order valence-corrected chi connectivity index (χ2v) is 6.60. The third-order valence-electron chi connectivity index (χ3n) is 3.31. The number of fused-ring (bicyclic) bond motifs is 1. The van der Waals surface area contributed by atoms with Gasteiger partial charge in [-0.05, 0) is 31.0 Å². The summed E-state index contributed by atoms with van der Waals surface area (Å²) in [5.41, 5.74) is -0.160. The lowest BCUT2D eigenvalue weighted by atomic mass is 10.2. The zero-order chi connectivity index (χ0) is 14.1. The molecular weight excluding hydrogens is 317 g/mol. The number of nitrogens with one attached hydrogen (secondary N) is 1. The van der Waals surface area contributed by atoms with E-state index in [1.54, 1.807) is 18.2 Å². The van der Waals surface area contributed by atoms with Gasteiger partial charge in [-0.3, -0.25) is 4.79 Å². The predicted molar refractivity (Wildman–Crippen MR) is 85.6 cm³/mol. The van der Waals surface area contributed by atoms with Crippen LogP contribution in [0, 0.1) is 0 Å². The van der Waals surface area contributed by atoms with E-state index >= 15 is 0 Å². The first kappa shape index (κ1) is 14.1. The van der Waals surface area contributed by atoms with Crippen molar-refractivity contribution in [1.29, 1.82) is 0 Å². The molecule has 3 rings (SSSR count). The van der Waals surface area contributed by atoms with Gasteiger partial charge in [-0.25, -0.2) is 0 Å². The van der Waals surface area contributed by atoms with Crippen LogP contribution in [0.3, 0.4) is 0 Å². The van der Waals surface area contributed by atoms with Crippen molar-refractivity contribution in [2.24, 2.45) is 0 Å². The topological polar surface area (TPSA) is 38.3 Å². The largest absolute Gasteiger partial charge is 0.376 e. The fourth-order valence-electron chi connectivity index (χ4n) is 2.27. The van der Waals surface area contributed by atoms with Gasteiger partial charge in [0.05, 0.1) is 6.10 Å². The van der Waals surface area contributed by atoms with E-state index in [1.807, 2.05) is 0 Å². The molecule has 1 fully saturated rings. The predicted octanol–water partition coefficient (Wildman–Crippen LogP) is 4.16. The van der Waals surface area contributed by atoms with E-state index in [0.29, 0.717) is 22.0 Å². The summed E-state index contributed by atoms with van der Waals surface area (Å²) in [6.45, 7) is 1.48. The lowest BCUT2D eigenvalue weighted by Crippen LogP contribution is -2.19. The van der Waals surface area contributed by atoms with Crippen LogP contribution in [0.5, 0.6) is 0 Å². The molecule has 3 nitrogen and oxygen atoms in total. The minimum absolute atomic E-state index is 0.160. The molecule has 2 heterocycles. The van der Waals surface area contributed by atoms with Crippen LogP contribution in [-0.2, 0) is 4.74 Å². The monoisotopic (exact) mass is 329 g/mol. The zero-order valence-corrected chi connectivity index (χ0v) is 12.9. The first-order valence-electron chi connectivity index (χ1n) is 6.42. The molecule has 0 amide bonds. The highest BCUT2D eigenvalue weighted by molar-refractivity contribution is 7.22. The van der Waals surface area contributed by atoms with E-state index in [4.69, 9.17) is 27.9 Å². The normalized spacial score (nSPS) is 18.6. The number of anilines is 1. The minimum atomic E-state index is -0.160. The SMILES string of the molecule is O=c1c(Cl)c(NCC2CCCO2)sc2cc(Cl)ccc12. The highest BCUT2D eigenvalue weighted by Crippen LogP contribution is 2.31. The molecule has 1 atom stereocenters. The number of rotatable bonds is 3. The molecule has 2 aromatic rings. The van der Waals surface area contributed by atoms with Crippen LogP contribution >= 0.6 is 34.5 Å². The van der Waals surface area contributed by atoms with Crippen LogP contribution in [0.15, 0.2) is 23.0 Å². The van der Waals surface area contributed by atoms with Gasteiger partial charge in [0.2, 0.25) is 5.43 Å². The Balaban J connectivity index is 1.93. The summed E-state index contributed by atoms with van der Waals surface area (Å²) in [7, 11) is 0. The second-order valence-electron chi connectivity index (χ2n) is 4.73. The maximum absolute atomic E-state index is 12.2. The summed E-state index contributed by atoms with van der Waals surface area (Å²) >= 11 is 13.6. The Bertz CT molecular complexity index is 695. The van der Waals surface area contributed by atoms with E-state index in [9.17, 15) is 4.79 Å². The van der Waals surface area contributed by atoms with Crippen molar-refractivity contribution >= 4 is 49.6 Å². The Hall–Kier alpha value is -0.810. The minimum Gasteiger partial charge on any atom is -0.376 e. The Morgan fingerprint density at radius 3 is 3.00 bits per heavy atom. The Morgan fingerprint density at radius 2 is 2.25 bits per heavy atom. The van der Waals surface area contributed by atoms with Crippen LogP contribution in [0.4, 0.5) is 5.00 Å². The van der Waals surface area contributed by atoms with Crippen molar-refractivity contribution in [2.45, 2.75) is 18.9 Å². The molecule has 1 saturated heterocycles. The number of halogens is 2. The van der Waals surface area contributed by atoms with E-state index in [0.717, 1.165) is 24.1 Å². The molecule has 1 aliphatic heterocycles. The van der Waals surface area contributed by atoms with E-state index < -0.39 is 0 Å². The van der Waals surface area contributed by atoms with Crippen molar-refractivity contribution < 1.29 is 4.74 Å². The molecule has 0 aliphatic carbocycles. The lowest BCUT2D eigenvalue weighted by Gasteiger charge is -2.12. The molecule has 106 valence electrons. The number of hydrogen-bond donors (Lipinski definition) is 1. The molecule has 6 heteroatoms. The Morgan fingerprint density at radius 1 is 1.40 bits per heavy atom. The summed E-state index contributed by atoms with van der Waals surface area (Å²) in [5.74, 6) is 0. The average Bonchev–Trinajstić information content (AvgIpc) is 2.94. The average molecular weight is 330 g/mol. The molecule has 1 aromatic carbocycles. The summed E-state index contributed by atoms with van der Waals surface area (Å²) in [4.78, 5) is 12.2. The molecule has 0 bridgehead atoms. The van der Waals surface area contributed by atoms with Crippen LogP contribution in [-0.4, -0.2) is 19.3 Å². The smallest absolute Gasteiger partial charge is 0.208 e. The molecule has 1 unspecified atom stereocenters. The van der Waals surface area contributed by atoms with Crippen LogP contribution in [0.1, 0.15) is 12.8 Å². The van der Waals surface area contributed by atoms with Gasteiger partial charge in [0.15, 0.2) is 0 Å². The summed E-state index contributed by atoms with van der Waals surface area (Å²) in [5, 5.41) is 5.36. The first-order chi connectivity index (χ1) is 9.65. The van der Waals surface area contributed by atoms with Gasteiger partial charge in [0, 0.05) is 28.3 Å². The number of benzene rings is 1. The fraction of sp³-hybridized carbons (Fsp3) is 0.357. The van der Waals surface area contributed by atoms with Crippen LogP contribution in [0.25, 0.3) is 10.1 Å². The Labute approximate surface area is 130 Å². The number of hydrogen-bond acceptors (Lipinski definition) is 4. The molecular formula is C14H13Cl2NO2S. The van der Waals surface area contributed by atoms with Crippen LogP contribution in [0.2, 0.25) is 10.0 Å². The van der Waals surface area contributed by atoms with E-state index in [1.165, 1.54) is 11.3 Å². The second kappa shape index (κ2) is 5.90. The van der Waals surface area contributed by atoms with Gasteiger partial charge in [0.25, 0.3) is 0 Å². The van der Waals surface area contributed by atoms with Gasteiger partial charge in [-0.1, -0.05) is 23.2 Å². The molecule has 0 saturated carbocycles. The fourth-order valence-corrected chi connectivity index (χ4v) is 3.81. The van der Waals surface area contributed by atoms with Crippen molar-refractivity contribution in [2.75, 3.05) is 18.5 Å². The molecule has 20 heavy (non-hydrogen) atoms. The third kappa shape index (κ3) is 2.79. The zero-order valence-electron chi connectivity index (χ0n) is 10.6. The molecule has 0 spiro atoms. The summed E-state index contributed by atoms with van der Waals surface area (Å²) in [6, 6.07) is 5.20. The van der Waals surface area contributed by atoms with Crippen molar-refractivity contribution in [1.82, 2.24) is 0 Å². The van der Waals surface area contributed by atoms with E-state index in [-0.39, 0.29) is 16.6 Å². The third-order valence-corrected chi connectivity index (χ3v) is 5.13. The van der Waals surface area contributed by atoms with Crippen molar-refractivity contribution in [3.63, 3.8) is 0 Å². The maximum atomic E-state index is 12.2. The van der Waals surface area contributed by atoms with Gasteiger partial charge in [-0.2, -0.15) is 0 Å². The van der Waals surface area contributed by atoms with Gasteiger partial charge in [-0.15, -0.1) is 11.3 Å². The molecule has 1 aliphatic rings. The van der Waals surface area contributed by atoms with Gasteiger partial charge < -0.3 is 10.1 Å². The lowest BCUT2D eigenvalue weighted by molar-refractivity contribution is 0.120. The molecule has 1 N–H and O–H groups in total. The van der Waals surface area contributed by atoms with Crippen molar-refractivity contribution in [3.8, 4) is 0 Å². The Kier molecular flexibility index (Phi) is 4.17. The van der Waals surface area contributed by atoms with E-state index in [2.05, 4.69) is 5.32 Å². The first-order valence-corrected chi connectivity index (χ1v) is 8.00. The van der Waals surface area contributed by atoms with Crippen LogP contribution < -0.4 is 10.7 Å². The summed E-state index contributed by atoms with van der Waals surface area (Å²) < 4.78 is 6.39. The molecule has 1 aromatic heterocycles. The quantitative estimate of drug-likeness (QED) is 0.918. The van der Waals surface area contributed by atoms with Gasteiger partial charge in [0.1, 0.15) is 10.0 Å². The molecule has 0 radical (unpaired) electrons. The van der Waals surface area contributed by atoms with Crippen molar-refractivity contribution in [3.05, 3.63) is 38.5 Å². The van der Waals surface area contributed by atoms with Gasteiger partial charge >= 0.3 is 0 Å². The maximum Gasteiger partial charge on any atom is 0.208 e. The summed E-state index contributed by atoms with van der Waals surface area (Å²) in [6.07, 6.45) is 2.33.